The highest BCUT2D eigenvalue weighted by molar-refractivity contribution is 5.97. The van der Waals surface area contributed by atoms with Gasteiger partial charge >= 0.3 is 5.97 Å². The van der Waals surface area contributed by atoms with Gasteiger partial charge in [0.25, 0.3) is 0 Å². The van der Waals surface area contributed by atoms with Gasteiger partial charge in [0, 0.05) is 24.8 Å². The standard InChI is InChI=1S/C14H14N6O2/c1-10-11(12-15-6-3-8-20(12)19-10)13(21)22-9-7-18-14-16-4-2-5-17-14/h2-6,8H,7,9H2,1H3,(H,16,17,18). The molecule has 3 aromatic rings. The van der Waals surface area contributed by atoms with Crippen LogP contribution in [0.2, 0.25) is 0 Å². The number of fused-ring (bicyclic) bond motifs is 1. The summed E-state index contributed by atoms with van der Waals surface area (Å²) in [6, 6.07) is 3.48. The average Bonchev–Trinajstić information content (AvgIpc) is 2.88. The fourth-order valence-corrected chi connectivity index (χ4v) is 2.00. The summed E-state index contributed by atoms with van der Waals surface area (Å²) in [6.45, 7) is 2.36. The third-order valence-electron chi connectivity index (χ3n) is 2.96. The van der Waals surface area contributed by atoms with Gasteiger partial charge in [-0.25, -0.2) is 24.3 Å². The van der Waals surface area contributed by atoms with Crippen LogP contribution in [0.5, 0.6) is 0 Å². The number of anilines is 1. The van der Waals surface area contributed by atoms with Crippen molar-refractivity contribution in [2.75, 3.05) is 18.5 Å². The molecule has 0 saturated carbocycles. The number of rotatable bonds is 5. The fraction of sp³-hybridized carbons (Fsp3) is 0.214. The first kappa shape index (κ1) is 13.9. The molecule has 3 aromatic heterocycles. The van der Waals surface area contributed by atoms with Crippen molar-refractivity contribution in [3.63, 3.8) is 0 Å². The second kappa shape index (κ2) is 6.17. The minimum absolute atomic E-state index is 0.195. The SMILES string of the molecule is Cc1nn2cccnc2c1C(=O)OCCNc1ncccn1. The molecule has 8 nitrogen and oxygen atoms in total. The van der Waals surface area contributed by atoms with Crippen molar-refractivity contribution in [2.24, 2.45) is 0 Å². The molecule has 0 aliphatic carbocycles. The Kier molecular flexibility index (Phi) is 3.90. The summed E-state index contributed by atoms with van der Waals surface area (Å²) in [4.78, 5) is 24.4. The van der Waals surface area contributed by atoms with Gasteiger partial charge in [0.05, 0.1) is 12.2 Å². The predicted molar refractivity (Wildman–Crippen MR) is 78.5 cm³/mol. The Labute approximate surface area is 126 Å². The van der Waals surface area contributed by atoms with E-state index < -0.39 is 5.97 Å². The van der Waals surface area contributed by atoms with Crippen molar-refractivity contribution in [3.05, 3.63) is 48.2 Å². The first-order chi connectivity index (χ1) is 10.8. The molecule has 0 aliphatic heterocycles. The van der Waals surface area contributed by atoms with Crippen LogP contribution in [0, 0.1) is 6.92 Å². The second-order valence-electron chi connectivity index (χ2n) is 4.48. The van der Waals surface area contributed by atoms with Crippen LogP contribution in [-0.4, -0.2) is 43.7 Å². The number of esters is 1. The zero-order valence-corrected chi connectivity index (χ0v) is 11.9. The predicted octanol–water partition coefficient (Wildman–Crippen LogP) is 1.10. The van der Waals surface area contributed by atoms with Gasteiger partial charge in [-0.15, -0.1) is 0 Å². The van der Waals surface area contributed by atoms with Crippen LogP contribution in [0.4, 0.5) is 5.95 Å². The number of hydrogen-bond donors (Lipinski definition) is 1. The van der Waals surface area contributed by atoms with Crippen molar-refractivity contribution in [1.82, 2.24) is 24.6 Å². The van der Waals surface area contributed by atoms with Gasteiger partial charge in [-0.1, -0.05) is 0 Å². The number of carbonyl (C=O) groups excluding carboxylic acids is 1. The van der Waals surface area contributed by atoms with Crippen LogP contribution in [0.1, 0.15) is 16.1 Å². The van der Waals surface area contributed by atoms with Gasteiger partial charge in [-0.2, -0.15) is 5.10 Å². The van der Waals surface area contributed by atoms with E-state index in [1.165, 1.54) is 0 Å². The molecule has 1 N–H and O–H groups in total. The Morgan fingerprint density at radius 1 is 1.23 bits per heavy atom. The van der Waals surface area contributed by atoms with Gasteiger partial charge in [0.15, 0.2) is 5.65 Å². The number of carbonyl (C=O) groups is 1. The van der Waals surface area contributed by atoms with Gasteiger partial charge in [-0.3, -0.25) is 0 Å². The summed E-state index contributed by atoms with van der Waals surface area (Å²) in [7, 11) is 0. The van der Waals surface area contributed by atoms with E-state index in [-0.39, 0.29) is 6.61 Å². The highest BCUT2D eigenvalue weighted by atomic mass is 16.5. The van der Waals surface area contributed by atoms with E-state index in [1.54, 1.807) is 48.4 Å². The molecule has 0 bridgehead atoms. The lowest BCUT2D eigenvalue weighted by molar-refractivity contribution is 0.0521. The third-order valence-corrected chi connectivity index (χ3v) is 2.96. The normalized spacial score (nSPS) is 10.6. The molecule has 0 spiro atoms. The van der Waals surface area contributed by atoms with Crippen LogP contribution in [0.3, 0.4) is 0 Å². The maximum absolute atomic E-state index is 12.2. The van der Waals surface area contributed by atoms with E-state index in [1.807, 2.05) is 0 Å². The number of nitrogens with one attached hydrogen (secondary N) is 1. The zero-order chi connectivity index (χ0) is 15.4. The molecule has 8 heteroatoms. The summed E-state index contributed by atoms with van der Waals surface area (Å²) in [5, 5.41) is 7.19. The number of aryl methyl sites for hydroxylation is 1. The Morgan fingerprint density at radius 2 is 2.00 bits per heavy atom. The molecule has 0 aromatic carbocycles. The van der Waals surface area contributed by atoms with Gasteiger partial charge in [0.2, 0.25) is 5.95 Å². The van der Waals surface area contributed by atoms with E-state index >= 15 is 0 Å². The zero-order valence-electron chi connectivity index (χ0n) is 11.9. The molecule has 0 fully saturated rings. The number of nitrogens with zero attached hydrogens (tertiary/aromatic N) is 5. The Bertz CT molecular complexity index is 786. The quantitative estimate of drug-likeness (QED) is 0.556. The molecule has 0 radical (unpaired) electrons. The van der Waals surface area contributed by atoms with Crippen LogP contribution >= 0.6 is 0 Å². The summed E-state index contributed by atoms with van der Waals surface area (Å²) < 4.78 is 6.80. The minimum Gasteiger partial charge on any atom is -0.460 e. The van der Waals surface area contributed by atoms with E-state index in [4.69, 9.17) is 4.74 Å². The van der Waals surface area contributed by atoms with Crippen molar-refractivity contribution >= 4 is 17.6 Å². The van der Waals surface area contributed by atoms with Gasteiger partial charge < -0.3 is 10.1 Å². The van der Waals surface area contributed by atoms with E-state index in [0.717, 1.165) is 0 Å². The van der Waals surface area contributed by atoms with Crippen LogP contribution in [0.15, 0.2) is 36.9 Å². The first-order valence-electron chi connectivity index (χ1n) is 6.73. The maximum Gasteiger partial charge on any atom is 0.344 e. The van der Waals surface area contributed by atoms with Crippen molar-refractivity contribution < 1.29 is 9.53 Å². The first-order valence-corrected chi connectivity index (χ1v) is 6.73. The van der Waals surface area contributed by atoms with Crippen molar-refractivity contribution in [3.8, 4) is 0 Å². The lowest BCUT2D eigenvalue weighted by Crippen LogP contribution is -2.15. The monoisotopic (exact) mass is 298 g/mol. The molecule has 0 aliphatic rings. The summed E-state index contributed by atoms with van der Waals surface area (Å²) in [5.74, 6) is 0.0503. The van der Waals surface area contributed by atoms with E-state index in [9.17, 15) is 4.79 Å². The molecular formula is C14H14N6O2. The Morgan fingerprint density at radius 3 is 2.82 bits per heavy atom. The van der Waals surface area contributed by atoms with Crippen molar-refractivity contribution in [2.45, 2.75) is 6.92 Å². The highest BCUT2D eigenvalue weighted by Gasteiger charge is 2.19. The molecule has 22 heavy (non-hydrogen) atoms. The molecule has 0 atom stereocenters. The third kappa shape index (κ3) is 2.85. The van der Waals surface area contributed by atoms with E-state index in [2.05, 4.69) is 25.4 Å². The lowest BCUT2D eigenvalue weighted by Gasteiger charge is -2.05. The molecule has 3 heterocycles. The fourth-order valence-electron chi connectivity index (χ4n) is 2.00. The van der Waals surface area contributed by atoms with Gasteiger partial charge in [0.1, 0.15) is 12.2 Å². The topological polar surface area (TPSA) is 94.3 Å². The lowest BCUT2D eigenvalue weighted by atomic mass is 10.2. The second-order valence-corrected chi connectivity index (χ2v) is 4.48. The number of hydrogen-bond acceptors (Lipinski definition) is 7. The van der Waals surface area contributed by atoms with Gasteiger partial charge in [-0.05, 0) is 19.1 Å². The van der Waals surface area contributed by atoms with Crippen LogP contribution in [-0.2, 0) is 4.74 Å². The molecule has 3 rings (SSSR count). The van der Waals surface area contributed by atoms with Crippen molar-refractivity contribution in [1.29, 1.82) is 0 Å². The smallest absolute Gasteiger partial charge is 0.344 e. The summed E-state index contributed by atoms with van der Waals surface area (Å²) in [5.41, 5.74) is 1.46. The largest absolute Gasteiger partial charge is 0.460 e. The number of ether oxygens (including phenoxy) is 1. The Hall–Kier alpha value is -3.03. The molecule has 0 amide bonds. The van der Waals surface area contributed by atoms with E-state index in [0.29, 0.717) is 29.4 Å². The number of aromatic nitrogens is 5. The summed E-state index contributed by atoms with van der Waals surface area (Å²) in [6.07, 6.45) is 6.62. The molecule has 0 saturated heterocycles. The highest BCUT2D eigenvalue weighted by Crippen LogP contribution is 2.13. The molecule has 112 valence electrons. The maximum atomic E-state index is 12.2. The average molecular weight is 298 g/mol. The van der Waals surface area contributed by atoms with Crippen LogP contribution in [0.25, 0.3) is 5.65 Å². The summed E-state index contributed by atoms with van der Waals surface area (Å²) >= 11 is 0. The Balaban J connectivity index is 1.61. The molecular weight excluding hydrogens is 284 g/mol. The molecule has 0 unspecified atom stereocenters. The minimum atomic E-state index is -0.443. The van der Waals surface area contributed by atoms with Crippen LogP contribution < -0.4 is 5.32 Å².